The molecule has 4 aromatic rings. The minimum absolute atomic E-state index is 0.142. The highest BCUT2D eigenvalue weighted by molar-refractivity contribution is 5.89. The zero-order valence-corrected chi connectivity index (χ0v) is 18.9. The molecule has 172 valence electrons. The van der Waals surface area contributed by atoms with E-state index in [0.717, 1.165) is 48.1 Å². The van der Waals surface area contributed by atoms with E-state index in [1.54, 1.807) is 6.07 Å². The maximum absolute atomic E-state index is 13.1. The molecule has 0 atom stereocenters. The summed E-state index contributed by atoms with van der Waals surface area (Å²) in [6.45, 7) is 1.83. The number of aryl methyl sites for hydroxylation is 2. The van der Waals surface area contributed by atoms with Crippen molar-refractivity contribution >= 4 is 11.8 Å². The molecule has 1 aliphatic carbocycles. The molecule has 0 fully saturated rings. The van der Waals surface area contributed by atoms with Crippen molar-refractivity contribution in [2.24, 2.45) is 0 Å². The van der Waals surface area contributed by atoms with Gasteiger partial charge in [0.05, 0.1) is 17.4 Å². The number of hydrogen-bond donors (Lipinski definition) is 3. The average molecular weight is 455 g/mol. The molecule has 1 aliphatic rings. The van der Waals surface area contributed by atoms with Crippen molar-refractivity contribution in [3.8, 4) is 5.95 Å². The molecule has 2 heterocycles. The molecule has 3 N–H and O–H groups in total. The lowest BCUT2D eigenvalue weighted by Gasteiger charge is -2.20. The second-order valence-corrected chi connectivity index (χ2v) is 8.46. The molecule has 8 heteroatoms. The van der Waals surface area contributed by atoms with Crippen molar-refractivity contribution in [3.05, 3.63) is 105 Å². The largest absolute Gasteiger partial charge is 0.327 e. The van der Waals surface area contributed by atoms with E-state index < -0.39 is 0 Å². The minimum atomic E-state index is -0.390. The van der Waals surface area contributed by atoms with Gasteiger partial charge in [0.1, 0.15) is 5.82 Å². The van der Waals surface area contributed by atoms with Crippen LogP contribution in [-0.2, 0) is 12.8 Å². The Bertz CT molecular complexity index is 1320. The molecule has 34 heavy (non-hydrogen) atoms. The van der Waals surface area contributed by atoms with Crippen LogP contribution in [0.15, 0.2) is 71.5 Å². The zero-order chi connectivity index (χ0) is 23.5. The Morgan fingerprint density at radius 2 is 1.65 bits per heavy atom. The summed E-state index contributed by atoms with van der Waals surface area (Å²) in [7, 11) is 0. The summed E-state index contributed by atoms with van der Waals surface area (Å²) in [6.07, 6.45) is 3.51. The number of aromatic nitrogens is 4. The van der Waals surface area contributed by atoms with Crippen LogP contribution in [0.1, 0.15) is 47.0 Å². The summed E-state index contributed by atoms with van der Waals surface area (Å²) in [6, 6.07) is 20.6. The van der Waals surface area contributed by atoms with Crippen molar-refractivity contribution < 1.29 is 4.79 Å². The lowest BCUT2D eigenvalue weighted by atomic mass is 9.97. The topological polar surface area (TPSA) is 105 Å². The number of hydrogen-bond acceptors (Lipinski definition) is 4. The third-order valence-electron chi connectivity index (χ3n) is 5.99. The molecular weight excluding hydrogens is 428 g/mol. The lowest BCUT2D eigenvalue weighted by Crippen LogP contribution is -2.34. The molecule has 2 aromatic heterocycles. The number of carbonyl (C=O) groups excluding carboxylic acids is 1. The molecule has 0 aliphatic heterocycles. The summed E-state index contributed by atoms with van der Waals surface area (Å²) in [5.41, 5.74) is 4.04. The third-order valence-corrected chi connectivity index (χ3v) is 5.99. The van der Waals surface area contributed by atoms with Crippen molar-refractivity contribution in [1.82, 2.24) is 25.1 Å². The zero-order valence-electron chi connectivity index (χ0n) is 18.9. The van der Waals surface area contributed by atoms with Gasteiger partial charge in [-0.2, -0.15) is 9.78 Å². The maximum Gasteiger partial charge on any atom is 0.321 e. The smallest absolute Gasteiger partial charge is 0.321 e. The molecular formula is C26H26N6O2. The molecule has 0 saturated carbocycles. The molecule has 5 rings (SSSR count). The van der Waals surface area contributed by atoms with Crippen molar-refractivity contribution in [3.63, 3.8) is 0 Å². The van der Waals surface area contributed by atoms with E-state index in [1.807, 2.05) is 67.6 Å². The summed E-state index contributed by atoms with van der Waals surface area (Å²) >= 11 is 0. The van der Waals surface area contributed by atoms with Gasteiger partial charge in [0.2, 0.25) is 5.95 Å². The normalized spacial score (nSPS) is 12.9. The fourth-order valence-corrected chi connectivity index (χ4v) is 4.37. The second kappa shape index (κ2) is 9.35. The highest BCUT2D eigenvalue weighted by Gasteiger charge is 2.21. The number of nitrogens with zero attached hydrogens (tertiary/aromatic N) is 3. The average Bonchev–Trinajstić information content (AvgIpc) is 3.23. The van der Waals surface area contributed by atoms with Crippen LogP contribution in [-0.4, -0.2) is 25.8 Å². The van der Waals surface area contributed by atoms with Gasteiger partial charge < -0.3 is 5.32 Å². The monoisotopic (exact) mass is 454 g/mol. The maximum atomic E-state index is 13.1. The SMILES string of the molecule is Cc1cc(NC(=O)NC(c2ccccc2)c2ccccc2)n(-c2nc3c(c(=O)[nH]2)CCCC3)n1. The summed E-state index contributed by atoms with van der Waals surface area (Å²) in [4.78, 5) is 33.2. The van der Waals surface area contributed by atoms with Crippen LogP contribution >= 0.6 is 0 Å². The first-order valence-corrected chi connectivity index (χ1v) is 11.4. The van der Waals surface area contributed by atoms with E-state index in [9.17, 15) is 9.59 Å². The Labute approximate surface area is 197 Å². The van der Waals surface area contributed by atoms with Gasteiger partial charge in [-0.3, -0.25) is 15.1 Å². The van der Waals surface area contributed by atoms with Crippen LogP contribution in [0.4, 0.5) is 10.6 Å². The van der Waals surface area contributed by atoms with Crippen LogP contribution in [0.2, 0.25) is 0 Å². The second-order valence-electron chi connectivity index (χ2n) is 8.46. The highest BCUT2D eigenvalue weighted by atomic mass is 16.2. The number of carbonyl (C=O) groups is 1. The molecule has 0 unspecified atom stereocenters. The first-order valence-electron chi connectivity index (χ1n) is 11.4. The van der Waals surface area contributed by atoms with Gasteiger partial charge in [0.15, 0.2) is 0 Å². The Balaban J connectivity index is 1.43. The predicted molar refractivity (Wildman–Crippen MR) is 130 cm³/mol. The number of nitrogens with one attached hydrogen (secondary N) is 3. The first kappa shape index (κ1) is 21.6. The minimum Gasteiger partial charge on any atom is -0.327 e. The number of H-pyrrole nitrogens is 1. The van der Waals surface area contributed by atoms with Gasteiger partial charge in [-0.15, -0.1) is 0 Å². The molecule has 0 radical (unpaired) electrons. The van der Waals surface area contributed by atoms with Crippen LogP contribution in [0, 0.1) is 6.92 Å². The van der Waals surface area contributed by atoms with Gasteiger partial charge in [0, 0.05) is 11.6 Å². The number of fused-ring (bicyclic) bond motifs is 1. The van der Waals surface area contributed by atoms with Gasteiger partial charge in [-0.25, -0.2) is 9.78 Å². The fraction of sp³-hybridized carbons (Fsp3) is 0.231. The number of benzene rings is 2. The Morgan fingerprint density at radius 3 is 2.32 bits per heavy atom. The van der Waals surface area contributed by atoms with E-state index >= 15 is 0 Å². The Kier molecular flexibility index (Phi) is 5.95. The van der Waals surface area contributed by atoms with E-state index in [-0.39, 0.29) is 17.6 Å². The van der Waals surface area contributed by atoms with E-state index in [4.69, 9.17) is 0 Å². The van der Waals surface area contributed by atoms with Crippen LogP contribution < -0.4 is 16.2 Å². The highest BCUT2D eigenvalue weighted by Crippen LogP contribution is 2.23. The predicted octanol–water partition coefficient (Wildman–Crippen LogP) is 4.05. The fourth-order valence-electron chi connectivity index (χ4n) is 4.37. The molecule has 0 bridgehead atoms. The Hall–Kier alpha value is -4.20. The van der Waals surface area contributed by atoms with Crippen molar-refractivity contribution in [2.45, 2.75) is 38.6 Å². The Morgan fingerprint density at radius 1 is 1.00 bits per heavy atom. The number of amides is 2. The standard InChI is InChI=1S/C26H26N6O2/c1-17-16-22(32(31-17)25-27-21-15-9-8-14-20(21)24(33)30-25)28-26(34)29-23(18-10-4-2-5-11-18)19-12-6-3-7-13-19/h2-7,10-13,16,23H,8-9,14-15H2,1H3,(H,27,30,33)(H2,28,29,34). The first-order chi connectivity index (χ1) is 16.6. The van der Waals surface area contributed by atoms with Gasteiger partial charge in [-0.1, -0.05) is 60.7 Å². The molecule has 0 spiro atoms. The summed E-state index contributed by atoms with van der Waals surface area (Å²) in [5.74, 6) is 0.727. The van der Waals surface area contributed by atoms with Crippen LogP contribution in [0.25, 0.3) is 5.95 Å². The van der Waals surface area contributed by atoms with E-state index in [0.29, 0.717) is 17.5 Å². The van der Waals surface area contributed by atoms with Gasteiger partial charge in [-0.05, 0) is 43.7 Å². The summed E-state index contributed by atoms with van der Waals surface area (Å²) < 4.78 is 1.48. The van der Waals surface area contributed by atoms with Crippen molar-refractivity contribution in [2.75, 3.05) is 5.32 Å². The lowest BCUT2D eigenvalue weighted by molar-refractivity contribution is 0.250. The van der Waals surface area contributed by atoms with Gasteiger partial charge in [0.25, 0.3) is 5.56 Å². The summed E-state index contributed by atoms with van der Waals surface area (Å²) in [5, 5.41) is 10.4. The molecule has 0 saturated heterocycles. The van der Waals surface area contributed by atoms with Crippen LogP contribution in [0.3, 0.4) is 0 Å². The quantitative estimate of drug-likeness (QED) is 0.423. The van der Waals surface area contributed by atoms with Crippen molar-refractivity contribution in [1.29, 1.82) is 0 Å². The number of urea groups is 1. The number of aromatic amines is 1. The number of anilines is 1. The third kappa shape index (κ3) is 4.47. The molecule has 2 amide bonds. The molecule has 8 nitrogen and oxygen atoms in total. The van der Waals surface area contributed by atoms with Gasteiger partial charge >= 0.3 is 6.03 Å². The van der Waals surface area contributed by atoms with E-state index in [2.05, 4.69) is 25.7 Å². The molecule has 2 aromatic carbocycles. The van der Waals surface area contributed by atoms with E-state index in [1.165, 1.54) is 4.68 Å². The number of rotatable bonds is 5. The van der Waals surface area contributed by atoms with Crippen LogP contribution in [0.5, 0.6) is 0 Å².